The van der Waals surface area contributed by atoms with E-state index in [0.717, 1.165) is 60.3 Å². The fourth-order valence-electron chi connectivity index (χ4n) is 7.21. The quantitative estimate of drug-likeness (QED) is 0.207. The minimum atomic E-state index is -4.30. The molecule has 0 saturated carbocycles. The Morgan fingerprint density at radius 2 is 1.82 bits per heavy atom. The van der Waals surface area contributed by atoms with E-state index in [0.29, 0.717) is 54.2 Å². The van der Waals surface area contributed by atoms with Crippen molar-refractivity contribution in [3.8, 4) is 6.07 Å². The second-order valence-corrected chi connectivity index (χ2v) is 16.5. The minimum absolute atomic E-state index is 0.0315. The molecule has 0 unspecified atom stereocenters. The molecule has 6 rings (SSSR count). The number of anilines is 2. The maximum atomic E-state index is 13.0. The number of benzene rings is 1. The van der Waals surface area contributed by atoms with E-state index in [1.807, 2.05) is 6.07 Å². The number of hydrogen-bond acceptors (Lipinski definition) is 10. The standard InChI is InChI=1S/C33H42F3N9O2S2/c1-20(44-12-8-26(9-13-44)49(46,47)39-3)18-45-24(17-37)14-27-21(2)22(4-5-29(27)45)19-43-10-6-23(7-11-43)40-30-28-15-25(16-33(34,35)36)48-31(28)42-32(38)41-30/h4-5,14-15,20,23,26,39H,6-13,16,18-19H2,1-3H3,(H3,38,40,41,42)/t20-/m0/s1. The third-order valence-electron chi connectivity index (χ3n) is 10.0. The first-order chi connectivity index (χ1) is 23.2. The van der Waals surface area contributed by atoms with Gasteiger partial charge in [-0.25, -0.2) is 18.1 Å². The predicted molar refractivity (Wildman–Crippen MR) is 187 cm³/mol. The minimum Gasteiger partial charge on any atom is -0.368 e. The molecule has 0 aliphatic carbocycles. The molecule has 2 aliphatic heterocycles. The van der Waals surface area contributed by atoms with E-state index in [2.05, 4.69) is 66.4 Å². The maximum absolute atomic E-state index is 13.0. The topological polar surface area (TPSA) is 145 Å². The number of piperidine rings is 2. The molecule has 0 amide bonds. The second-order valence-electron chi connectivity index (χ2n) is 13.2. The fraction of sp³-hybridized carbons (Fsp3) is 0.545. The van der Waals surface area contributed by atoms with Crippen LogP contribution in [0.1, 0.15) is 54.3 Å². The summed E-state index contributed by atoms with van der Waals surface area (Å²) in [6.45, 7) is 8.67. The number of sulfonamides is 1. The number of halogens is 3. The highest BCUT2D eigenvalue weighted by Crippen LogP contribution is 2.34. The summed E-state index contributed by atoms with van der Waals surface area (Å²) in [5.74, 6) is 0.509. The summed E-state index contributed by atoms with van der Waals surface area (Å²) in [7, 11) is -1.81. The molecule has 5 heterocycles. The number of aromatic nitrogens is 3. The van der Waals surface area contributed by atoms with Crippen molar-refractivity contribution in [3.05, 3.63) is 46.0 Å². The number of thiophene rings is 1. The van der Waals surface area contributed by atoms with Gasteiger partial charge in [0.1, 0.15) is 22.4 Å². The van der Waals surface area contributed by atoms with E-state index < -0.39 is 22.6 Å². The van der Waals surface area contributed by atoms with Crippen LogP contribution in [-0.2, 0) is 29.5 Å². The third kappa shape index (κ3) is 7.81. The zero-order valence-electron chi connectivity index (χ0n) is 27.8. The van der Waals surface area contributed by atoms with Gasteiger partial charge in [-0.15, -0.1) is 11.3 Å². The molecule has 2 saturated heterocycles. The van der Waals surface area contributed by atoms with Gasteiger partial charge in [0.2, 0.25) is 16.0 Å². The van der Waals surface area contributed by atoms with E-state index in [4.69, 9.17) is 5.73 Å². The van der Waals surface area contributed by atoms with Gasteiger partial charge >= 0.3 is 6.18 Å². The van der Waals surface area contributed by atoms with Crippen LogP contribution in [0.3, 0.4) is 0 Å². The van der Waals surface area contributed by atoms with Gasteiger partial charge in [-0.1, -0.05) is 6.07 Å². The van der Waals surface area contributed by atoms with Gasteiger partial charge in [0.25, 0.3) is 0 Å². The van der Waals surface area contributed by atoms with Crippen molar-refractivity contribution >= 4 is 54.2 Å². The monoisotopic (exact) mass is 717 g/mol. The summed E-state index contributed by atoms with van der Waals surface area (Å²) >= 11 is 0.991. The highest BCUT2D eigenvalue weighted by Gasteiger charge is 2.32. The molecule has 1 aromatic carbocycles. The molecular weight excluding hydrogens is 676 g/mol. The molecule has 0 bridgehead atoms. The first-order valence-electron chi connectivity index (χ1n) is 16.5. The van der Waals surface area contributed by atoms with Crippen LogP contribution in [0, 0.1) is 18.3 Å². The van der Waals surface area contributed by atoms with Crippen molar-refractivity contribution in [2.75, 3.05) is 44.3 Å². The third-order valence-corrected chi connectivity index (χ3v) is 13.0. The van der Waals surface area contributed by atoms with Gasteiger partial charge in [-0.05, 0) is 89.0 Å². The lowest BCUT2D eigenvalue weighted by atomic mass is 10.0. The molecule has 2 aliphatic rings. The van der Waals surface area contributed by atoms with Crippen molar-refractivity contribution < 1.29 is 21.6 Å². The van der Waals surface area contributed by atoms with Crippen LogP contribution in [0.15, 0.2) is 24.3 Å². The van der Waals surface area contributed by atoms with Gasteiger partial charge in [-0.3, -0.25) is 9.80 Å². The molecule has 0 spiro atoms. The normalized spacial score (nSPS) is 18.3. The Morgan fingerprint density at radius 1 is 1.10 bits per heavy atom. The molecular formula is C33H42F3N9O2S2. The zero-order valence-corrected chi connectivity index (χ0v) is 29.5. The summed E-state index contributed by atoms with van der Waals surface area (Å²) in [4.78, 5) is 13.8. The summed E-state index contributed by atoms with van der Waals surface area (Å²) in [6.07, 6.45) is -2.48. The SMILES string of the molecule is CNS(=O)(=O)C1CCN([C@@H](C)Cn2c(C#N)cc3c(C)c(CN4CCC(Nc5nc(N)nc6sc(CC(F)(F)F)cc56)CC4)ccc32)CC1. The molecule has 0 radical (unpaired) electrons. The van der Waals surface area contributed by atoms with Gasteiger partial charge in [0, 0.05) is 54.0 Å². The molecule has 4 N–H and O–H groups in total. The predicted octanol–water partition coefficient (Wildman–Crippen LogP) is 4.99. The van der Waals surface area contributed by atoms with Crippen LogP contribution < -0.4 is 15.8 Å². The number of likely N-dealkylation sites (tertiary alicyclic amines) is 2. The molecule has 4 aromatic rings. The van der Waals surface area contributed by atoms with Gasteiger partial charge in [0.15, 0.2) is 0 Å². The van der Waals surface area contributed by atoms with E-state index in [-0.39, 0.29) is 28.2 Å². The van der Waals surface area contributed by atoms with E-state index in [1.54, 1.807) is 0 Å². The lowest BCUT2D eigenvalue weighted by Gasteiger charge is -2.36. The average molecular weight is 718 g/mol. The van der Waals surface area contributed by atoms with Crippen LogP contribution in [0.25, 0.3) is 21.1 Å². The summed E-state index contributed by atoms with van der Waals surface area (Å²) < 4.78 is 68.1. The van der Waals surface area contributed by atoms with E-state index >= 15 is 0 Å². The smallest absolute Gasteiger partial charge is 0.368 e. The number of fused-ring (bicyclic) bond motifs is 2. The maximum Gasteiger partial charge on any atom is 0.393 e. The van der Waals surface area contributed by atoms with Crippen molar-refractivity contribution in [3.63, 3.8) is 0 Å². The average Bonchev–Trinajstić information content (AvgIpc) is 3.63. The first kappa shape index (κ1) is 35.3. The summed E-state index contributed by atoms with van der Waals surface area (Å²) in [5, 5.41) is 14.7. The molecule has 49 heavy (non-hydrogen) atoms. The van der Waals surface area contributed by atoms with Gasteiger partial charge in [0.05, 0.1) is 17.1 Å². The van der Waals surface area contributed by atoms with Gasteiger partial charge < -0.3 is 15.6 Å². The number of aryl methyl sites for hydroxylation is 1. The number of alkyl halides is 3. The summed E-state index contributed by atoms with van der Waals surface area (Å²) in [6, 6.07) is 10.3. The number of nitrogens with two attached hydrogens (primary N) is 1. The lowest BCUT2D eigenvalue weighted by Crippen LogP contribution is -2.46. The molecule has 264 valence electrons. The number of rotatable bonds is 10. The Kier molecular flexibility index (Phi) is 10.1. The van der Waals surface area contributed by atoms with Crippen molar-refractivity contribution in [2.24, 2.45) is 0 Å². The van der Waals surface area contributed by atoms with Crippen LogP contribution >= 0.6 is 11.3 Å². The summed E-state index contributed by atoms with van der Waals surface area (Å²) in [5.41, 5.74) is 9.86. The van der Waals surface area contributed by atoms with Crippen LogP contribution in [0.5, 0.6) is 0 Å². The number of nitrogen functional groups attached to an aromatic ring is 1. The number of nitrogens with zero attached hydrogens (tertiary/aromatic N) is 6. The van der Waals surface area contributed by atoms with Crippen LogP contribution in [0.4, 0.5) is 24.9 Å². The zero-order chi connectivity index (χ0) is 35.1. The highest BCUT2D eigenvalue weighted by atomic mass is 32.2. The van der Waals surface area contributed by atoms with E-state index in [1.165, 1.54) is 18.7 Å². The first-order valence-corrected chi connectivity index (χ1v) is 18.9. The molecule has 3 aromatic heterocycles. The number of nitrogens with one attached hydrogen (secondary N) is 2. The fourth-order valence-corrected chi connectivity index (χ4v) is 9.44. The molecule has 2 fully saturated rings. The van der Waals surface area contributed by atoms with Crippen LogP contribution in [0.2, 0.25) is 0 Å². The molecule has 1 atom stereocenters. The Bertz CT molecular complexity index is 1970. The van der Waals surface area contributed by atoms with Crippen molar-refractivity contribution in [2.45, 2.75) is 82.6 Å². The lowest BCUT2D eigenvalue weighted by molar-refractivity contribution is -0.126. The van der Waals surface area contributed by atoms with Crippen molar-refractivity contribution in [1.29, 1.82) is 5.26 Å². The second kappa shape index (κ2) is 14.0. The number of hydrogen-bond donors (Lipinski definition) is 3. The highest BCUT2D eigenvalue weighted by molar-refractivity contribution is 7.90. The molecule has 16 heteroatoms. The Hall–Kier alpha value is -3.49. The molecule has 11 nitrogen and oxygen atoms in total. The Balaban J connectivity index is 1.09. The van der Waals surface area contributed by atoms with Crippen LogP contribution in [-0.4, -0.2) is 89.5 Å². The van der Waals surface area contributed by atoms with Crippen molar-refractivity contribution in [1.82, 2.24) is 29.1 Å². The Morgan fingerprint density at radius 3 is 2.47 bits per heavy atom. The largest absolute Gasteiger partial charge is 0.393 e. The van der Waals surface area contributed by atoms with E-state index in [9.17, 15) is 26.9 Å². The number of nitriles is 1. The van der Waals surface area contributed by atoms with Gasteiger partial charge in [-0.2, -0.15) is 23.4 Å². The Labute approximate surface area is 288 Å².